The lowest BCUT2D eigenvalue weighted by Crippen LogP contribution is -2.52. The van der Waals surface area contributed by atoms with Crippen LogP contribution in [-0.2, 0) is 4.79 Å². The van der Waals surface area contributed by atoms with Crippen molar-refractivity contribution in [1.82, 2.24) is 9.80 Å². The molecule has 0 bridgehead atoms. The SMILES string of the molecule is CC(c1cccs1)N(C)C(=O)N1CCSCC1CC(=O)O. The van der Waals surface area contributed by atoms with Gasteiger partial charge in [-0.05, 0) is 18.4 Å². The van der Waals surface area contributed by atoms with E-state index in [-0.39, 0.29) is 24.5 Å². The fourth-order valence-corrected chi connectivity index (χ4v) is 4.25. The Morgan fingerprint density at radius 3 is 2.95 bits per heavy atom. The summed E-state index contributed by atoms with van der Waals surface area (Å²) >= 11 is 3.33. The molecule has 0 aromatic carbocycles. The zero-order valence-electron chi connectivity index (χ0n) is 12.2. The summed E-state index contributed by atoms with van der Waals surface area (Å²) < 4.78 is 0. The minimum atomic E-state index is -0.853. The normalized spacial score (nSPS) is 20.1. The largest absolute Gasteiger partial charge is 0.481 e. The second-order valence-corrected chi connectivity index (χ2v) is 7.23. The predicted molar refractivity (Wildman–Crippen MR) is 86.0 cm³/mol. The first-order valence-corrected chi connectivity index (χ1v) is 8.90. The van der Waals surface area contributed by atoms with Crippen LogP contribution in [0.5, 0.6) is 0 Å². The van der Waals surface area contributed by atoms with E-state index in [2.05, 4.69) is 0 Å². The number of aliphatic carboxylic acids is 1. The molecule has 1 aliphatic heterocycles. The van der Waals surface area contributed by atoms with Gasteiger partial charge in [0.05, 0.1) is 18.5 Å². The van der Waals surface area contributed by atoms with Crippen LogP contribution in [0.3, 0.4) is 0 Å². The Labute approximate surface area is 132 Å². The summed E-state index contributed by atoms with van der Waals surface area (Å²) in [5, 5.41) is 11.0. The van der Waals surface area contributed by atoms with Crippen molar-refractivity contribution in [3.63, 3.8) is 0 Å². The maximum Gasteiger partial charge on any atom is 0.320 e. The molecule has 1 aromatic heterocycles. The molecule has 1 fully saturated rings. The van der Waals surface area contributed by atoms with Gasteiger partial charge >= 0.3 is 12.0 Å². The Morgan fingerprint density at radius 1 is 1.57 bits per heavy atom. The van der Waals surface area contributed by atoms with Crippen LogP contribution in [0, 0.1) is 0 Å². The summed E-state index contributed by atoms with van der Waals surface area (Å²) in [5.74, 6) is 0.705. The van der Waals surface area contributed by atoms with Crippen LogP contribution >= 0.6 is 23.1 Å². The molecule has 1 saturated heterocycles. The fraction of sp³-hybridized carbons (Fsp3) is 0.571. The van der Waals surface area contributed by atoms with Gasteiger partial charge in [0.1, 0.15) is 0 Å². The van der Waals surface area contributed by atoms with Crippen molar-refractivity contribution in [2.75, 3.05) is 25.1 Å². The van der Waals surface area contributed by atoms with Crippen molar-refractivity contribution in [2.45, 2.75) is 25.4 Å². The molecule has 2 atom stereocenters. The summed E-state index contributed by atoms with van der Waals surface area (Å²) in [5.41, 5.74) is 0. The first kappa shape index (κ1) is 16.2. The molecular weight excluding hydrogens is 308 g/mol. The number of thiophene rings is 1. The molecule has 1 aliphatic rings. The third-order valence-corrected chi connectivity index (χ3v) is 5.86. The van der Waals surface area contributed by atoms with Crippen molar-refractivity contribution < 1.29 is 14.7 Å². The molecule has 2 amide bonds. The Hall–Kier alpha value is -1.21. The summed E-state index contributed by atoms with van der Waals surface area (Å²) in [6, 6.07) is 3.69. The highest BCUT2D eigenvalue weighted by molar-refractivity contribution is 7.99. The maximum atomic E-state index is 12.7. The molecular formula is C14H20N2O3S2. The van der Waals surface area contributed by atoms with Crippen molar-refractivity contribution in [2.24, 2.45) is 0 Å². The Kier molecular flexibility index (Phi) is 5.52. The lowest BCUT2D eigenvalue weighted by molar-refractivity contribution is -0.138. The fourth-order valence-electron chi connectivity index (χ4n) is 2.37. The highest BCUT2D eigenvalue weighted by Gasteiger charge is 2.32. The number of nitrogens with zero attached hydrogens (tertiary/aromatic N) is 2. The second-order valence-electron chi connectivity index (χ2n) is 5.10. The molecule has 7 heteroatoms. The van der Waals surface area contributed by atoms with Gasteiger partial charge < -0.3 is 14.9 Å². The molecule has 1 aromatic rings. The van der Waals surface area contributed by atoms with Crippen molar-refractivity contribution in [1.29, 1.82) is 0 Å². The van der Waals surface area contributed by atoms with E-state index in [1.165, 1.54) is 0 Å². The Bertz CT molecular complexity index is 492. The molecule has 21 heavy (non-hydrogen) atoms. The Balaban J connectivity index is 2.07. The monoisotopic (exact) mass is 328 g/mol. The average Bonchev–Trinajstić information content (AvgIpc) is 2.99. The first-order valence-electron chi connectivity index (χ1n) is 6.87. The molecule has 116 valence electrons. The number of hydrogen-bond acceptors (Lipinski definition) is 4. The van der Waals surface area contributed by atoms with Gasteiger partial charge in [-0.3, -0.25) is 4.79 Å². The smallest absolute Gasteiger partial charge is 0.320 e. The van der Waals surface area contributed by atoms with Crippen molar-refractivity contribution >= 4 is 35.1 Å². The second kappa shape index (κ2) is 7.17. The van der Waals surface area contributed by atoms with Crippen LogP contribution in [0.1, 0.15) is 24.3 Å². The van der Waals surface area contributed by atoms with E-state index in [1.54, 1.807) is 39.9 Å². The molecule has 0 aliphatic carbocycles. The van der Waals surface area contributed by atoms with Gasteiger partial charge in [0, 0.05) is 30.0 Å². The van der Waals surface area contributed by atoms with Crippen LogP contribution in [0.25, 0.3) is 0 Å². The maximum absolute atomic E-state index is 12.7. The van der Waals surface area contributed by atoms with Crippen molar-refractivity contribution in [3.8, 4) is 0 Å². The van der Waals surface area contributed by atoms with Crippen LogP contribution < -0.4 is 0 Å². The molecule has 2 rings (SSSR count). The summed E-state index contributed by atoms with van der Waals surface area (Å²) in [6.07, 6.45) is 0.0139. The lowest BCUT2D eigenvalue weighted by atomic mass is 10.2. The number of urea groups is 1. The molecule has 0 radical (unpaired) electrons. The summed E-state index contributed by atoms with van der Waals surface area (Å²) in [7, 11) is 1.78. The Morgan fingerprint density at radius 2 is 2.33 bits per heavy atom. The molecule has 2 unspecified atom stereocenters. The van der Waals surface area contributed by atoms with Gasteiger partial charge in [-0.25, -0.2) is 4.79 Å². The van der Waals surface area contributed by atoms with Crippen LogP contribution in [0.4, 0.5) is 4.79 Å². The molecule has 2 heterocycles. The van der Waals surface area contributed by atoms with Crippen LogP contribution in [0.2, 0.25) is 0 Å². The van der Waals surface area contributed by atoms with Crippen LogP contribution in [0.15, 0.2) is 17.5 Å². The van der Waals surface area contributed by atoms with Crippen molar-refractivity contribution in [3.05, 3.63) is 22.4 Å². The van der Waals surface area contributed by atoms with E-state index in [1.807, 2.05) is 24.4 Å². The zero-order valence-corrected chi connectivity index (χ0v) is 13.8. The molecule has 0 spiro atoms. The number of rotatable bonds is 4. The topological polar surface area (TPSA) is 60.9 Å². The van der Waals surface area contributed by atoms with E-state index in [4.69, 9.17) is 5.11 Å². The van der Waals surface area contributed by atoms with Gasteiger partial charge in [0.2, 0.25) is 0 Å². The predicted octanol–water partition coefficient (Wildman–Crippen LogP) is 2.75. The number of carboxylic acid groups (broad SMARTS) is 1. The lowest BCUT2D eigenvalue weighted by Gasteiger charge is -2.38. The third-order valence-electron chi connectivity index (χ3n) is 3.72. The average molecular weight is 328 g/mol. The van der Waals surface area contributed by atoms with E-state index in [0.717, 1.165) is 10.6 Å². The van der Waals surface area contributed by atoms with Gasteiger partial charge in [-0.2, -0.15) is 11.8 Å². The number of amides is 2. The van der Waals surface area contributed by atoms with Gasteiger partial charge in [0.25, 0.3) is 0 Å². The van der Waals surface area contributed by atoms with E-state index in [9.17, 15) is 9.59 Å². The molecule has 0 saturated carbocycles. The number of carboxylic acids is 1. The third kappa shape index (κ3) is 3.91. The van der Waals surface area contributed by atoms with E-state index >= 15 is 0 Å². The minimum absolute atomic E-state index is 0.00226. The quantitative estimate of drug-likeness (QED) is 0.923. The van der Waals surface area contributed by atoms with Crippen LogP contribution in [-0.4, -0.2) is 58.0 Å². The highest BCUT2D eigenvalue weighted by atomic mass is 32.2. The standard InChI is InChI=1S/C14H20N2O3S2/c1-10(12-4-3-6-21-12)15(2)14(19)16-5-7-20-9-11(16)8-13(17)18/h3-4,6,10-11H,5,7-9H2,1-2H3,(H,17,18). The van der Waals surface area contributed by atoms with E-state index in [0.29, 0.717) is 12.3 Å². The number of carbonyl (C=O) groups excluding carboxylic acids is 1. The number of hydrogen-bond donors (Lipinski definition) is 1. The number of thioether (sulfide) groups is 1. The molecule has 1 N–H and O–H groups in total. The van der Waals surface area contributed by atoms with Gasteiger partial charge in [-0.1, -0.05) is 6.07 Å². The number of carbonyl (C=O) groups is 2. The summed E-state index contributed by atoms with van der Waals surface area (Å²) in [6.45, 7) is 2.61. The van der Waals surface area contributed by atoms with Gasteiger partial charge in [-0.15, -0.1) is 11.3 Å². The van der Waals surface area contributed by atoms with Gasteiger partial charge in [0.15, 0.2) is 0 Å². The molecule has 5 nitrogen and oxygen atoms in total. The highest BCUT2D eigenvalue weighted by Crippen LogP contribution is 2.26. The van der Waals surface area contributed by atoms with E-state index < -0.39 is 5.97 Å². The minimum Gasteiger partial charge on any atom is -0.481 e. The zero-order chi connectivity index (χ0) is 15.4. The summed E-state index contributed by atoms with van der Waals surface area (Å²) in [4.78, 5) is 28.2. The first-order chi connectivity index (χ1) is 10.0.